The zero-order valence-corrected chi connectivity index (χ0v) is 10.3. The molecule has 90 valence electrons. The summed E-state index contributed by atoms with van der Waals surface area (Å²) in [7, 11) is 1.84. The minimum atomic E-state index is -0.252. The molecule has 0 saturated carbocycles. The van der Waals surface area contributed by atoms with Gasteiger partial charge < -0.3 is 10.6 Å². The first-order valence-electron chi connectivity index (χ1n) is 5.58. The first-order chi connectivity index (χ1) is 7.52. The van der Waals surface area contributed by atoms with Crippen LogP contribution < -0.4 is 10.6 Å². The second-order valence-corrected chi connectivity index (χ2v) is 4.09. The lowest BCUT2D eigenvalue weighted by molar-refractivity contribution is -0.122. The van der Waals surface area contributed by atoms with Crippen molar-refractivity contribution in [2.45, 2.75) is 39.3 Å². The number of aromatic nitrogens is 2. The zero-order valence-electron chi connectivity index (χ0n) is 10.3. The molecule has 5 heteroatoms. The van der Waals surface area contributed by atoms with Gasteiger partial charge in [-0.05, 0) is 20.3 Å². The van der Waals surface area contributed by atoms with E-state index < -0.39 is 0 Å². The molecule has 0 aromatic carbocycles. The average Bonchev–Trinajstić information content (AvgIpc) is 2.63. The highest BCUT2D eigenvalue weighted by Crippen LogP contribution is 2.05. The topological polar surface area (TPSA) is 59.0 Å². The summed E-state index contributed by atoms with van der Waals surface area (Å²) in [6.45, 7) is 5.88. The predicted octanol–water partition coefficient (Wildman–Crippen LogP) is 1.14. The van der Waals surface area contributed by atoms with Crippen LogP contribution in [0.5, 0.6) is 0 Å². The van der Waals surface area contributed by atoms with Crippen LogP contribution >= 0.6 is 0 Å². The molecule has 2 N–H and O–H groups in total. The second-order valence-electron chi connectivity index (χ2n) is 4.09. The van der Waals surface area contributed by atoms with Gasteiger partial charge in [0.1, 0.15) is 6.04 Å². The summed E-state index contributed by atoms with van der Waals surface area (Å²) < 4.78 is 1.70. The number of nitrogens with zero attached hydrogens (tertiary/aromatic N) is 2. The van der Waals surface area contributed by atoms with E-state index in [9.17, 15) is 4.79 Å². The third-order valence-corrected chi connectivity index (χ3v) is 2.48. The predicted molar refractivity (Wildman–Crippen MR) is 64.2 cm³/mol. The van der Waals surface area contributed by atoms with Gasteiger partial charge in [-0.15, -0.1) is 0 Å². The Morgan fingerprint density at radius 3 is 2.75 bits per heavy atom. The largest absolute Gasteiger partial charge is 0.371 e. The lowest BCUT2D eigenvalue weighted by Crippen LogP contribution is -2.41. The van der Waals surface area contributed by atoms with E-state index in [2.05, 4.69) is 15.7 Å². The van der Waals surface area contributed by atoms with Crippen LogP contribution in [0.4, 0.5) is 5.69 Å². The highest BCUT2D eigenvalue weighted by molar-refractivity contribution is 5.84. The molecule has 1 amide bonds. The summed E-state index contributed by atoms with van der Waals surface area (Å²) in [6, 6.07) is -0.0381. The Labute approximate surface area is 96.2 Å². The van der Waals surface area contributed by atoms with Gasteiger partial charge in [0.15, 0.2) is 0 Å². The summed E-state index contributed by atoms with van der Waals surface area (Å²) in [4.78, 5) is 11.7. The Morgan fingerprint density at radius 2 is 2.25 bits per heavy atom. The molecule has 2 atom stereocenters. The van der Waals surface area contributed by atoms with Crippen LogP contribution in [-0.4, -0.2) is 27.8 Å². The van der Waals surface area contributed by atoms with Crippen LogP contribution in [0, 0.1) is 0 Å². The minimum Gasteiger partial charge on any atom is -0.371 e. The van der Waals surface area contributed by atoms with Gasteiger partial charge in [-0.1, -0.05) is 6.92 Å². The first kappa shape index (κ1) is 12.5. The number of rotatable bonds is 5. The van der Waals surface area contributed by atoms with Gasteiger partial charge in [0.2, 0.25) is 5.91 Å². The van der Waals surface area contributed by atoms with Crippen molar-refractivity contribution in [2.24, 2.45) is 7.05 Å². The molecule has 0 bridgehead atoms. The Bertz CT molecular complexity index is 348. The normalized spacial score (nSPS) is 14.2. The third-order valence-electron chi connectivity index (χ3n) is 2.48. The number of hydrogen-bond acceptors (Lipinski definition) is 3. The summed E-state index contributed by atoms with van der Waals surface area (Å²) in [5.74, 6) is 0.0122. The number of anilines is 1. The van der Waals surface area contributed by atoms with Crippen molar-refractivity contribution in [3.05, 3.63) is 12.4 Å². The fourth-order valence-electron chi connectivity index (χ4n) is 1.28. The van der Waals surface area contributed by atoms with E-state index in [4.69, 9.17) is 0 Å². The molecule has 0 fully saturated rings. The van der Waals surface area contributed by atoms with Gasteiger partial charge in [0.05, 0.1) is 11.9 Å². The number of amides is 1. The average molecular weight is 224 g/mol. The van der Waals surface area contributed by atoms with Crippen LogP contribution in [0.15, 0.2) is 12.4 Å². The molecule has 2 unspecified atom stereocenters. The molecule has 0 aliphatic heterocycles. The SMILES string of the molecule is CCC(C)NC(=O)C(C)Nc1cnn(C)c1. The van der Waals surface area contributed by atoms with E-state index in [1.807, 2.05) is 34.0 Å². The maximum Gasteiger partial charge on any atom is 0.242 e. The van der Waals surface area contributed by atoms with Crippen molar-refractivity contribution >= 4 is 11.6 Å². The number of carbonyl (C=O) groups is 1. The molecule has 1 aromatic rings. The minimum absolute atomic E-state index is 0.0122. The van der Waals surface area contributed by atoms with Crippen molar-refractivity contribution in [3.8, 4) is 0 Å². The number of nitrogens with one attached hydrogen (secondary N) is 2. The summed E-state index contributed by atoms with van der Waals surface area (Å²) in [5.41, 5.74) is 0.856. The maximum absolute atomic E-state index is 11.7. The van der Waals surface area contributed by atoms with Gasteiger partial charge in [0.25, 0.3) is 0 Å². The Hall–Kier alpha value is -1.52. The highest BCUT2D eigenvalue weighted by atomic mass is 16.2. The summed E-state index contributed by atoms with van der Waals surface area (Å²) in [5, 5.41) is 10.1. The lowest BCUT2D eigenvalue weighted by Gasteiger charge is -2.17. The molecule has 1 rings (SSSR count). The standard InChI is InChI=1S/C11H20N4O/c1-5-8(2)13-11(16)9(3)14-10-6-12-15(4)7-10/h6-9,14H,5H2,1-4H3,(H,13,16). The Kier molecular flexibility index (Phi) is 4.34. The lowest BCUT2D eigenvalue weighted by atomic mass is 10.2. The van der Waals surface area contributed by atoms with Crippen molar-refractivity contribution in [1.29, 1.82) is 0 Å². The van der Waals surface area contributed by atoms with Gasteiger partial charge in [-0.2, -0.15) is 5.10 Å². The molecular formula is C11H20N4O. The monoisotopic (exact) mass is 224 g/mol. The molecule has 5 nitrogen and oxygen atoms in total. The third kappa shape index (κ3) is 3.56. The Balaban J connectivity index is 2.45. The molecule has 0 saturated heterocycles. The number of hydrogen-bond donors (Lipinski definition) is 2. The van der Waals surface area contributed by atoms with Gasteiger partial charge in [0, 0.05) is 19.3 Å². The summed E-state index contributed by atoms with van der Waals surface area (Å²) in [6.07, 6.45) is 4.48. The van der Waals surface area contributed by atoms with Crippen molar-refractivity contribution in [3.63, 3.8) is 0 Å². The van der Waals surface area contributed by atoms with E-state index in [1.165, 1.54) is 0 Å². The van der Waals surface area contributed by atoms with Crippen molar-refractivity contribution < 1.29 is 4.79 Å². The van der Waals surface area contributed by atoms with Crippen LogP contribution in [0.3, 0.4) is 0 Å². The van der Waals surface area contributed by atoms with Gasteiger partial charge in [-0.25, -0.2) is 0 Å². The zero-order chi connectivity index (χ0) is 12.1. The van der Waals surface area contributed by atoms with Crippen LogP contribution in [0.1, 0.15) is 27.2 Å². The molecule has 16 heavy (non-hydrogen) atoms. The van der Waals surface area contributed by atoms with E-state index in [-0.39, 0.29) is 18.0 Å². The van der Waals surface area contributed by atoms with Gasteiger partial charge >= 0.3 is 0 Å². The molecule has 1 heterocycles. The number of carbonyl (C=O) groups excluding carboxylic acids is 1. The van der Waals surface area contributed by atoms with E-state index in [0.29, 0.717) is 0 Å². The molecule has 0 aliphatic carbocycles. The second kappa shape index (κ2) is 5.53. The maximum atomic E-state index is 11.7. The first-order valence-corrected chi connectivity index (χ1v) is 5.58. The fourth-order valence-corrected chi connectivity index (χ4v) is 1.28. The molecule has 0 radical (unpaired) electrons. The van der Waals surface area contributed by atoms with Crippen molar-refractivity contribution in [1.82, 2.24) is 15.1 Å². The molecule has 1 aromatic heterocycles. The van der Waals surface area contributed by atoms with Crippen LogP contribution in [0.2, 0.25) is 0 Å². The quantitative estimate of drug-likeness (QED) is 0.788. The van der Waals surface area contributed by atoms with Crippen molar-refractivity contribution in [2.75, 3.05) is 5.32 Å². The van der Waals surface area contributed by atoms with E-state index in [0.717, 1.165) is 12.1 Å². The van der Waals surface area contributed by atoms with Crippen LogP contribution in [0.25, 0.3) is 0 Å². The summed E-state index contributed by atoms with van der Waals surface area (Å²) >= 11 is 0. The van der Waals surface area contributed by atoms with Gasteiger partial charge in [-0.3, -0.25) is 9.48 Å². The van der Waals surface area contributed by atoms with Crippen LogP contribution in [-0.2, 0) is 11.8 Å². The molecule has 0 aliphatic rings. The number of aryl methyl sites for hydroxylation is 1. The molecular weight excluding hydrogens is 204 g/mol. The fraction of sp³-hybridized carbons (Fsp3) is 0.636. The smallest absolute Gasteiger partial charge is 0.242 e. The molecule has 0 spiro atoms. The highest BCUT2D eigenvalue weighted by Gasteiger charge is 2.14. The van der Waals surface area contributed by atoms with E-state index >= 15 is 0 Å². The Morgan fingerprint density at radius 1 is 1.56 bits per heavy atom. The van der Waals surface area contributed by atoms with E-state index in [1.54, 1.807) is 10.9 Å².